The normalized spacial score (nSPS) is 10.5. The molecule has 6 heteroatoms. The Kier molecular flexibility index (Phi) is 7.19. The van der Waals surface area contributed by atoms with Crippen LogP contribution in [0.15, 0.2) is 24.3 Å². The first-order chi connectivity index (χ1) is 9.90. The van der Waals surface area contributed by atoms with Gasteiger partial charge in [-0.2, -0.15) is 0 Å². The van der Waals surface area contributed by atoms with Crippen molar-refractivity contribution in [2.24, 2.45) is 0 Å². The number of carbonyl (C=O) groups is 2. The van der Waals surface area contributed by atoms with E-state index in [1.807, 2.05) is 19.0 Å². The summed E-state index contributed by atoms with van der Waals surface area (Å²) in [5.74, 6) is -0.178. The van der Waals surface area contributed by atoms with E-state index in [4.69, 9.17) is 11.6 Å². The SMILES string of the molecule is CC(=O)N(CCNC(=O)c1cccc(Cl)c1)CCN(C)C. The molecule has 0 spiro atoms. The molecule has 1 rings (SSSR count). The van der Waals surface area contributed by atoms with Crippen LogP contribution in [0.1, 0.15) is 17.3 Å². The summed E-state index contributed by atoms with van der Waals surface area (Å²) in [5, 5.41) is 3.32. The fourth-order valence-electron chi connectivity index (χ4n) is 1.78. The number of rotatable bonds is 7. The van der Waals surface area contributed by atoms with Crippen LogP contribution in [0.2, 0.25) is 5.02 Å². The number of nitrogens with one attached hydrogen (secondary N) is 1. The van der Waals surface area contributed by atoms with Gasteiger partial charge in [0.2, 0.25) is 5.91 Å². The van der Waals surface area contributed by atoms with Crippen molar-refractivity contribution < 1.29 is 9.59 Å². The predicted octanol–water partition coefficient (Wildman–Crippen LogP) is 1.48. The van der Waals surface area contributed by atoms with Gasteiger partial charge in [0, 0.05) is 43.7 Å². The first-order valence-corrected chi connectivity index (χ1v) is 7.22. The highest BCUT2D eigenvalue weighted by Crippen LogP contribution is 2.10. The van der Waals surface area contributed by atoms with Crippen LogP contribution in [0.4, 0.5) is 0 Å². The number of nitrogens with zero attached hydrogens (tertiary/aromatic N) is 2. The van der Waals surface area contributed by atoms with E-state index < -0.39 is 0 Å². The van der Waals surface area contributed by atoms with Crippen LogP contribution in [0.5, 0.6) is 0 Å². The molecule has 0 heterocycles. The molecule has 21 heavy (non-hydrogen) atoms. The number of hydrogen-bond acceptors (Lipinski definition) is 3. The lowest BCUT2D eigenvalue weighted by molar-refractivity contribution is -0.128. The van der Waals surface area contributed by atoms with Crippen molar-refractivity contribution in [3.05, 3.63) is 34.9 Å². The second-order valence-electron chi connectivity index (χ2n) is 5.08. The Morgan fingerprint density at radius 2 is 1.90 bits per heavy atom. The summed E-state index contributed by atoms with van der Waals surface area (Å²) in [6.45, 7) is 3.89. The van der Waals surface area contributed by atoms with E-state index in [2.05, 4.69) is 5.32 Å². The minimum atomic E-state index is -0.186. The maximum atomic E-state index is 11.9. The zero-order valence-corrected chi connectivity index (χ0v) is 13.5. The second kappa shape index (κ2) is 8.64. The van der Waals surface area contributed by atoms with Crippen LogP contribution in [-0.2, 0) is 4.79 Å². The van der Waals surface area contributed by atoms with Gasteiger partial charge in [-0.15, -0.1) is 0 Å². The van der Waals surface area contributed by atoms with Gasteiger partial charge in [-0.3, -0.25) is 9.59 Å². The fourth-order valence-corrected chi connectivity index (χ4v) is 1.97. The van der Waals surface area contributed by atoms with Gasteiger partial charge >= 0.3 is 0 Å². The highest BCUT2D eigenvalue weighted by molar-refractivity contribution is 6.30. The number of carbonyl (C=O) groups excluding carboxylic acids is 2. The van der Waals surface area contributed by atoms with E-state index >= 15 is 0 Å². The zero-order chi connectivity index (χ0) is 15.8. The molecular formula is C15H22ClN3O2. The number of halogens is 1. The molecule has 5 nitrogen and oxygen atoms in total. The molecule has 0 aliphatic carbocycles. The van der Waals surface area contributed by atoms with Crippen LogP contribution >= 0.6 is 11.6 Å². The lowest BCUT2D eigenvalue weighted by Gasteiger charge is -2.23. The van der Waals surface area contributed by atoms with Crippen molar-refractivity contribution in [1.29, 1.82) is 0 Å². The zero-order valence-electron chi connectivity index (χ0n) is 12.7. The molecule has 0 fully saturated rings. The Morgan fingerprint density at radius 3 is 2.48 bits per heavy atom. The van der Waals surface area contributed by atoms with Crippen molar-refractivity contribution in [2.45, 2.75) is 6.92 Å². The molecule has 1 N–H and O–H groups in total. The average Bonchev–Trinajstić information content (AvgIpc) is 2.41. The fraction of sp³-hybridized carbons (Fsp3) is 0.467. The predicted molar refractivity (Wildman–Crippen MR) is 84.6 cm³/mol. The van der Waals surface area contributed by atoms with E-state index in [1.54, 1.807) is 29.2 Å². The molecule has 116 valence electrons. The Bertz CT molecular complexity index is 492. The standard InChI is InChI=1S/C15H22ClN3O2/c1-12(20)19(10-9-18(2)3)8-7-17-15(21)13-5-4-6-14(16)11-13/h4-6,11H,7-10H2,1-3H3,(H,17,21). The Morgan fingerprint density at radius 1 is 1.19 bits per heavy atom. The molecule has 0 bridgehead atoms. The molecule has 0 aliphatic rings. The van der Waals surface area contributed by atoms with Crippen LogP contribution in [0.25, 0.3) is 0 Å². The minimum absolute atomic E-state index is 0.00820. The summed E-state index contributed by atoms with van der Waals surface area (Å²) in [4.78, 5) is 27.2. The summed E-state index contributed by atoms with van der Waals surface area (Å²) >= 11 is 5.85. The first-order valence-electron chi connectivity index (χ1n) is 6.84. The Balaban J connectivity index is 2.43. The van der Waals surface area contributed by atoms with Gasteiger partial charge in [0.05, 0.1) is 0 Å². The number of hydrogen-bond donors (Lipinski definition) is 1. The third-order valence-corrected chi connectivity index (χ3v) is 3.25. The van der Waals surface area contributed by atoms with Crippen molar-refractivity contribution in [3.8, 4) is 0 Å². The van der Waals surface area contributed by atoms with E-state index in [-0.39, 0.29) is 11.8 Å². The minimum Gasteiger partial charge on any atom is -0.350 e. The molecule has 0 aromatic heterocycles. The van der Waals surface area contributed by atoms with Crippen LogP contribution in [-0.4, -0.2) is 61.9 Å². The monoisotopic (exact) mass is 311 g/mol. The van der Waals surface area contributed by atoms with Gasteiger partial charge in [0.15, 0.2) is 0 Å². The molecule has 2 amide bonds. The third-order valence-electron chi connectivity index (χ3n) is 3.02. The van der Waals surface area contributed by atoms with Crippen molar-refractivity contribution in [2.75, 3.05) is 40.3 Å². The smallest absolute Gasteiger partial charge is 0.251 e. The lowest BCUT2D eigenvalue weighted by atomic mass is 10.2. The summed E-state index contributed by atoms with van der Waals surface area (Å²) in [7, 11) is 3.92. The van der Waals surface area contributed by atoms with Crippen molar-refractivity contribution in [1.82, 2.24) is 15.1 Å². The summed E-state index contributed by atoms with van der Waals surface area (Å²) < 4.78 is 0. The van der Waals surface area contributed by atoms with E-state index in [0.29, 0.717) is 30.2 Å². The molecule has 0 radical (unpaired) electrons. The quantitative estimate of drug-likeness (QED) is 0.830. The van der Waals surface area contributed by atoms with Gasteiger partial charge in [-0.1, -0.05) is 17.7 Å². The van der Waals surface area contributed by atoms with Gasteiger partial charge in [-0.05, 0) is 32.3 Å². The van der Waals surface area contributed by atoms with Gasteiger partial charge in [0.25, 0.3) is 5.91 Å². The molecule has 0 saturated heterocycles. The highest BCUT2D eigenvalue weighted by atomic mass is 35.5. The summed E-state index contributed by atoms with van der Waals surface area (Å²) in [6, 6.07) is 6.77. The maximum absolute atomic E-state index is 11.9. The maximum Gasteiger partial charge on any atom is 0.251 e. The summed E-state index contributed by atoms with van der Waals surface area (Å²) in [6.07, 6.45) is 0. The van der Waals surface area contributed by atoms with Crippen LogP contribution in [0.3, 0.4) is 0 Å². The van der Waals surface area contributed by atoms with Gasteiger partial charge < -0.3 is 15.1 Å². The van der Waals surface area contributed by atoms with E-state index in [9.17, 15) is 9.59 Å². The van der Waals surface area contributed by atoms with Crippen molar-refractivity contribution in [3.63, 3.8) is 0 Å². The number of likely N-dealkylation sites (N-methyl/N-ethyl adjacent to an activating group) is 1. The van der Waals surface area contributed by atoms with E-state index in [0.717, 1.165) is 6.54 Å². The van der Waals surface area contributed by atoms with Crippen LogP contribution < -0.4 is 5.32 Å². The lowest BCUT2D eigenvalue weighted by Crippen LogP contribution is -2.40. The van der Waals surface area contributed by atoms with Crippen LogP contribution in [0, 0.1) is 0 Å². The Labute approximate surface area is 130 Å². The Hall–Kier alpha value is -1.59. The topological polar surface area (TPSA) is 52.7 Å². The van der Waals surface area contributed by atoms with Crippen molar-refractivity contribution >= 4 is 23.4 Å². The first kappa shape index (κ1) is 17.5. The molecule has 0 saturated carbocycles. The average molecular weight is 312 g/mol. The molecular weight excluding hydrogens is 290 g/mol. The third kappa shape index (κ3) is 6.60. The van der Waals surface area contributed by atoms with E-state index in [1.165, 1.54) is 6.92 Å². The largest absolute Gasteiger partial charge is 0.350 e. The molecule has 0 atom stereocenters. The highest BCUT2D eigenvalue weighted by Gasteiger charge is 2.10. The summed E-state index contributed by atoms with van der Waals surface area (Å²) in [5.41, 5.74) is 0.519. The molecule has 1 aromatic rings. The second-order valence-corrected chi connectivity index (χ2v) is 5.51. The molecule has 1 aromatic carbocycles. The number of amides is 2. The number of benzene rings is 1. The van der Waals surface area contributed by atoms with Gasteiger partial charge in [0.1, 0.15) is 0 Å². The molecule has 0 aliphatic heterocycles. The molecule has 0 unspecified atom stereocenters. The van der Waals surface area contributed by atoms with Gasteiger partial charge in [-0.25, -0.2) is 0 Å².